The Morgan fingerprint density at radius 1 is 1.24 bits per heavy atom. The van der Waals surface area contributed by atoms with Gasteiger partial charge in [0.2, 0.25) is 0 Å². The Morgan fingerprint density at radius 3 is 2.53 bits per heavy atom. The number of piperidine rings is 1. The number of rotatable bonds is 3. The second-order valence-electron chi connectivity index (χ2n) is 5.37. The summed E-state index contributed by atoms with van der Waals surface area (Å²) in [5.74, 6) is 1.79. The van der Waals surface area contributed by atoms with E-state index >= 15 is 0 Å². The molecule has 2 unspecified atom stereocenters. The topological polar surface area (TPSA) is 21.3 Å². The molecule has 2 rings (SSSR count). The van der Waals surface area contributed by atoms with Crippen LogP contribution in [0.5, 0.6) is 5.75 Å². The van der Waals surface area contributed by atoms with Gasteiger partial charge in [0.15, 0.2) is 0 Å². The van der Waals surface area contributed by atoms with Crippen LogP contribution < -0.4 is 10.1 Å². The third-order valence-corrected chi connectivity index (χ3v) is 3.32. The highest BCUT2D eigenvalue weighted by Crippen LogP contribution is 2.28. The summed E-state index contributed by atoms with van der Waals surface area (Å²) < 4.78 is 5.66. The van der Waals surface area contributed by atoms with E-state index in [1.165, 1.54) is 18.4 Å². The van der Waals surface area contributed by atoms with Gasteiger partial charge in [0.1, 0.15) is 5.75 Å². The van der Waals surface area contributed by atoms with Crippen molar-refractivity contribution >= 4 is 0 Å². The summed E-state index contributed by atoms with van der Waals surface area (Å²) in [6.07, 6.45) is 2.78. The van der Waals surface area contributed by atoms with E-state index < -0.39 is 0 Å². The molecule has 0 bridgehead atoms. The fourth-order valence-electron chi connectivity index (χ4n) is 2.41. The zero-order chi connectivity index (χ0) is 12.3. The van der Waals surface area contributed by atoms with E-state index in [2.05, 4.69) is 50.4 Å². The average Bonchev–Trinajstić information content (AvgIpc) is 2.29. The molecule has 1 aliphatic rings. The molecular weight excluding hydrogens is 210 g/mol. The van der Waals surface area contributed by atoms with E-state index in [0.717, 1.165) is 18.2 Å². The largest absolute Gasteiger partial charge is 0.491 e. The van der Waals surface area contributed by atoms with E-state index in [9.17, 15) is 0 Å². The van der Waals surface area contributed by atoms with Gasteiger partial charge < -0.3 is 10.1 Å². The van der Waals surface area contributed by atoms with Crippen molar-refractivity contribution in [2.45, 2.75) is 45.8 Å². The van der Waals surface area contributed by atoms with Gasteiger partial charge in [0.05, 0.1) is 6.10 Å². The minimum absolute atomic E-state index is 0.244. The van der Waals surface area contributed by atoms with Gasteiger partial charge in [-0.25, -0.2) is 0 Å². The molecule has 1 heterocycles. The Labute approximate surface area is 104 Å². The normalized spacial score (nSPS) is 24.9. The third-order valence-electron chi connectivity index (χ3n) is 3.32. The van der Waals surface area contributed by atoms with Crippen molar-refractivity contribution in [2.75, 3.05) is 6.54 Å². The van der Waals surface area contributed by atoms with Gasteiger partial charge in [-0.05, 0) is 56.8 Å². The minimum atomic E-state index is 0.244. The first-order valence-corrected chi connectivity index (χ1v) is 6.65. The van der Waals surface area contributed by atoms with Crippen LogP contribution in [-0.4, -0.2) is 12.6 Å². The second-order valence-corrected chi connectivity index (χ2v) is 5.37. The molecule has 94 valence electrons. The summed E-state index contributed by atoms with van der Waals surface area (Å²) >= 11 is 0. The molecule has 2 heteroatoms. The van der Waals surface area contributed by atoms with Gasteiger partial charge in [-0.2, -0.15) is 0 Å². The van der Waals surface area contributed by atoms with Gasteiger partial charge in [-0.3, -0.25) is 0 Å². The summed E-state index contributed by atoms with van der Waals surface area (Å²) in [4.78, 5) is 0. The lowest BCUT2D eigenvalue weighted by Crippen LogP contribution is -2.30. The fraction of sp³-hybridized carbons (Fsp3) is 0.600. The molecule has 2 nitrogen and oxygen atoms in total. The fourth-order valence-corrected chi connectivity index (χ4v) is 2.41. The number of ether oxygens (including phenoxy) is 1. The Kier molecular flexibility index (Phi) is 4.06. The lowest BCUT2D eigenvalue weighted by Gasteiger charge is -2.28. The van der Waals surface area contributed by atoms with E-state index in [1.54, 1.807) is 0 Å². The van der Waals surface area contributed by atoms with Gasteiger partial charge in [-0.1, -0.05) is 19.1 Å². The maximum atomic E-state index is 5.66. The minimum Gasteiger partial charge on any atom is -0.491 e. The van der Waals surface area contributed by atoms with Gasteiger partial charge in [0.25, 0.3) is 0 Å². The van der Waals surface area contributed by atoms with Crippen LogP contribution in [0.1, 0.15) is 45.2 Å². The number of nitrogens with one attached hydrogen (secondary N) is 1. The van der Waals surface area contributed by atoms with Crippen LogP contribution in [0, 0.1) is 5.92 Å². The first-order valence-electron chi connectivity index (χ1n) is 6.65. The van der Waals surface area contributed by atoms with Crippen molar-refractivity contribution < 1.29 is 4.74 Å². The smallest absolute Gasteiger partial charge is 0.119 e. The second kappa shape index (κ2) is 5.54. The molecule has 2 atom stereocenters. The van der Waals surface area contributed by atoms with Crippen molar-refractivity contribution in [1.82, 2.24) is 5.32 Å². The molecule has 1 fully saturated rings. The molecule has 17 heavy (non-hydrogen) atoms. The van der Waals surface area contributed by atoms with E-state index in [4.69, 9.17) is 4.74 Å². The van der Waals surface area contributed by atoms with Crippen molar-refractivity contribution in [1.29, 1.82) is 0 Å². The number of hydrogen-bond donors (Lipinski definition) is 1. The predicted molar refractivity (Wildman–Crippen MR) is 71.3 cm³/mol. The van der Waals surface area contributed by atoms with Crippen LogP contribution in [0.4, 0.5) is 0 Å². The van der Waals surface area contributed by atoms with Gasteiger partial charge in [0, 0.05) is 6.04 Å². The predicted octanol–water partition coefficient (Wildman–Crippen LogP) is 3.53. The summed E-state index contributed by atoms with van der Waals surface area (Å²) in [6, 6.07) is 9.06. The highest BCUT2D eigenvalue weighted by atomic mass is 16.5. The molecule has 1 N–H and O–H groups in total. The Bertz CT molecular complexity index is 344. The summed E-state index contributed by atoms with van der Waals surface area (Å²) in [7, 11) is 0. The first kappa shape index (κ1) is 12.4. The van der Waals surface area contributed by atoms with Gasteiger partial charge in [-0.15, -0.1) is 0 Å². The monoisotopic (exact) mass is 233 g/mol. The van der Waals surface area contributed by atoms with E-state index in [-0.39, 0.29) is 6.10 Å². The van der Waals surface area contributed by atoms with Crippen LogP contribution in [0.2, 0.25) is 0 Å². The third kappa shape index (κ3) is 3.47. The van der Waals surface area contributed by atoms with E-state index in [1.807, 2.05) is 0 Å². The molecule has 0 radical (unpaired) electrons. The number of hydrogen-bond acceptors (Lipinski definition) is 2. The standard InChI is InChI=1S/C15H23NO/c1-11(2)17-14-6-4-13(5-7-14)15-10-12(3)8-9-16-15/h4-7,11-12,15-16H,8-10H2,1-3H3. The van der Waals surface area contributed by atoms with Crippen molar-refractivity contribution in [2.24, 2.45) is 5.92 Å². The van der Waals surface area contributed by atoms with Gasteiger partial charge >= 0.3 is 0 Å². The molecule has 1 saturated heterocycles. The quantitative estimate of drug-likeness (QED) is 0.862. The molecule has 0 aromatic heterocycles. The van der Waals surface area contributed by atoms with Crippen molar-refractivity contribution in [3.63, 3.8) is 0 Å². The Balaban J connectivity index is 2.01. The van der Waals surface area contributed by atoms with Crippen molar-refractivity contribution in [3.05, 3.63) is 29.8 Å². The van der Waals surface area contributed by atoms with Crippen LogP contribution in [0.25, 0.3) is 0 Å². The van der Waals surface area contributed by atoms with Crippen LogP contribution >= 0.6 is 0 Å². The van der Waals surface area contributed by atoms with Crippen LogP contribution in [0.3, 0.4) is 0 Å². The van der Waals surface area contributed by atoms with Crippen molar-refractivity contribution in [3.8, 4) is 5.75 Å². The first-order chi connectivity index (χ1) is 8.15. The average molecular weight is 233 g/mol. The molecule has 1 aromatic rings. The lowest BCUT2D eigenvalue weighted by molar-refractivity contribution is 0.242. The molecule has 0 aliphatic carbocycles. The summed E-state index contributed by atoms with van der Waals surface area (Å²) in [5.41, 5.74) is 1.38. The molecule has 0 saturated carbocycles. The maximum absolute atomic E-state index is 5.66. The molecule has 0 spiro atoms. The molecule has 1 aromatic carbocycles. The molecule has 1 aliphatic heterocycles. The van der Waals surface area contributed by atoms with E-state index in [0.29, 0.717) is 6.04 Å². The van der Waals surface area contributed by atoms with Crippen LogP contribution in [-0.2, 0) is 0 Å². The SMILES string of the molecule is CC1CCNC(c2ccc(OC(C)C)cc2)C1. The van der Waals surface area contributed by atoms with Crippen LogP contribution in [0.15, 0.2) is 24.3 Å². The zero-order valence-corrected chi connectivity index (χ0v) is 11.1. The lowest BCUT2D eigenvalue weighted by atomic mass is 9.90. The Morgan fingerprint density at radius 2 is 1.94 bits per heavy atom. The number of benzene rings is 1. The summed E-state index contributed by atoms with van der Waals surface area (Å²) in [6.45, 7) is 7.58. The highest BCUT2D eigenvalue weighted by Gasteiger charge is 2.19. The molecular formula is C15H23NO. The maximum Gasteiger partial charge on any atom is 0.119 e. The summed E-state index contributed by atoms with van der Waals surface area (Å²) in [5, 5.41) is 3.59. The molecule has 0 amide bonds. The highest BCUT2D eigenvalue weighted by molar-refractivity contribution is 5.29. The Hall–Kier alpha value is -1.02. The zero-order valence-electron chi connectivity index (χ0n) is 11.1.